The number of β-lactam (4-membered cyclic amide) rings is 1. The van der Waals surface area contributed by atoms with E-state index in [9.17, 15) is 28.3 Å². The van der Waals surface area contributed by atoms with Gasteiger partial charge in [0.2, 0.25) is 0 Å². The molecule has 0 aliphatic carbocycles. The number of hydrogen-bond acceptors (Lipinski definition) is 11. The number of hydrogen-bond donors (Lipinski definition) is 4. The first-order valence-corrected chi connectivity index (χ1v) is 10.2. The fourth-order valence-electron chi connectivity index (χ4n) is 2.82. The second kappa shape index (κ2) is 9.25. The number of halogens is 2. The molecular weight excluding hydrogens is 462 g/mol. The summed E-state index contributed by atoms with van der Waals surface area (Å²) in [6.07, 6.45) is -2.58. The van der Waals surface area contributed by atoms with E-state index >= 15 is 0 Å². The van der Waals surface area contributed by atoms with Crippen LogP contribution in [-0.2, 0) is 19.2 Å². The van der Waals surface area contributed by atoms with Crippen molar-refractivity contribution in [2.24, 2.45) is 10.3 Å². The molecule has 12 nitrogen and oxygen atoms in total. The summed E-state index contributed by atoms with van der Waals surface area (Å²) < 4.78 is 24.1. The van der Waals surface area contributed by atoms with Gasteiger partial charge in [-0.05, 0) is 0 Å². The van der Waals surface area contributed by atoms with Gasteiger partial charge in [0.05, 0.1) is 0 Å². The molecule has 3 rings (SSSR count). The maximum Gasteiger partial charge on any atom is 0.352 e. The van der Waals surface area contributed by atoms with Gasteiger partial charge in [0.15, 0.2) is 10.8 Å². The van der Waals surface area contributed by atoms with Gasteiger partial charge >= 0.3 is 5.97 Å². The topological polar surface area (TPSA) is 180 Å². The van der Waals surface area contributed by atoms with Crippen LogP contribution in [0.2, 0.25) is 0 Å². The summed E-state index contributed by atoms with van der Waals surface area (Å²) in [4.78, 5) is 46.2. The molecule has 2 aliphatic rings. The van der Waals surface area contributed by atoms with Gasteiger partial charge in [-0.15, -0.1) is 23.1 Å². The predicted octanol–water partition coefficient (Wildman–Crippen LogP) is -0.0903. The Hall–Kier alpha value is -3.27. The van der Waals surface area contributed by atoms with Crippen molar-refractivity contribution in [3.05, 3.63) is 22.3 Å². The number of nitrogens with zero attached hydrogens (tertiary/aromatic N) is 4. The Morgan fingerprint density at radius 2 is 2.26 bits per heavy atom. The summed E-state index contributed by atoms with van der Waals surface area (Å²) in [5.41, 5.74) is 4.84. The molecule has 0 spiro atoms. The highest BCUT2D eigenvalue weighted by Crippen LogP contribution is 2.40. The van der Waals surface area contributed by atoms with E-state index in [4.69, 9.17) is 10.9 Å². The second-order valence-electron chi connectivity index (χ2n) is 6.00. The van der Waals surface area contributed by atoms with E-state index in [0.717, 1.165) is 28.0 Å². The van der Waals surface area contributed by atoms with E-state index in [1.807, 2.05) is 0 Å². The maximum atomic E-state index is 12.6. The molecule has 0 bridgehead atoms. The lowest BCUT2D eigenvalue weighted by molar-refractivity contribution is -0.150. The van der Waals surface area contributed by atoms with Gasteiger partial charge in [-0.2, -0.15) is 0 Å². The molecule has 1 aromatic rings. The van der Waals surface area contributed by atoms with Crippen LogP contribution in [0.4, 0.5) is 13.9 Å². The standard InChI is InChI=1S/C15H14F2N6O6S2/c16-7(17)1-19-29-2-5-3-30-13-9(12(25)23(13)10(5)14(26)27)21-11(24)8(22-28)6-4-31-15(18)20-6/h1,4,7,9,13,28H,2-3H2,(H2,18,20)(H,21,24)(H,26,27)/b19-1?,22-8-/t9-,13-/m1/s1. The van der Waals surface area contributed by atoms with Gasteiger partial charge < -0.3 is 26.2 Å². The fourth-order valence-corrected chi connectivity index (χ4v) is 4.69. The highest BCUT2D eigenvalue weighted by Gasteiger charge is 2.54. The highest BCUT2D eigenvalue weighted by atomic mass is 32.2. The molecule has 3 heterocycles. The largest absolute Gasteiger partial charge is 0.477 e. The number of oxime groups is 2. The Morgan fingerprint density at radius 3 is 2.84 bits per heavy atom. The summed E-state index contributed by atoms with van der Waals surface area (Å²) in [6.45, 7) is -0.405. The molecule has 2 atom stereocenters. The summed E-state index contributed by atoms with van der Waals surface area (Å²) in [5.74, 6) is -2.94. The van der Waals surface area contributed by atoms with Crippen LogP contribution in [0.3, 0.4) is 0 Å². The van der Waals surface area contributed by atoms with E-state index in [-0.39, 0.29) is 34.1 Å². The molecule has 16 heteroatoms. The number of aliphatic carboxylic acids is 1. The van der Waals surface area contributed by atoms with Gasteiger partial charge in [0, 0.05) is 16.7 Å². The normalized spacial score (nSPS) is 21.3. The predicted molar refractivity (Wildman–Crippen MR) is 105 cm³/mol. The van der Waals surface area contributed by atoms with Crippen LogP contribution in [0.25, 0.3) is 0 Å². The maximum absolute atomic E-state index is 12.6. The number of carboxylic acid groups (broad SMARTS) is 1. The lowest BCUT2D eigenvalue weighted by atomic mass is 10.0. The third-order valence-corrected chi connectivity index (χ3v) is 6.12. The molecule has 0 unspecified atom stereocenters. The van der Waals surface area contributed by atoms with Gasteiger partial charge in [-0.1, -0.05) is 10.3 Å². The molecular formula is C15H14F2N6O6S2. The molecule has 1 fully saturated rings. The van der Waals surface area contributed by atoms with Crippen molar-refractivity contribution in [3.63, 3.8) is 0 Å². The number of carbonyl (C=O) groups is 3. The molecule has 0 radical (unpaired) electrons. The number of nitrogens with two attached hydrogens (primary N) is 1. The van der Waals surface area contributed by atoms with E-state index in [2.05, 4.69) is 25.4 Å². The molecule has 0 aromatic carbocycles. The van der Waals surface area contributed by atoms with Crippen molar-refractivity contribution in [2.45, 2.75) is 17.8 Å². The summed E-state index contributed by atoms with van der Waals surface area (Å²) >= 11 is 2.15. The van der Waals surface area contributed by atoms with Crippen LogP contribution in [0, 0.1) is 0 Å². The average Bonchev–Trinajstić information content (AvgIpc) is 3.14. The number of carbonyl (C=O) groups excluding carboxylic acids is 2. The first-order valence-electron chi connectivity index (χ1n) is 8.32. The van der Waals surface area contributed by atoms with Crippen molar-refractivity contribution in [1.82, 2.24) is 15.2 Å². The number of rotatable bonds is 8. The number of fused-ring (bicyclic) bond motifs is 1. The summed E-state index contributed by atoms with van der Waals surface area (Å²) in [6, 6.07) is -1.08. The lowest BCUT2D eigenvalue weighted by Gasteiger charge is -2.49. The Kier molecular flexibility index (Phi) is 6.69. The first kappa shape index (κ1) is 22.4. The van der Waals surface area contributed by atoms with Gasteiger partial charge in [-0.3, -0.25) is 14.5 Å². The summed E-state index contributed by atoms with van der Waals surface area (Å²) in [7, 11) is 0. The highest BCUT2D eigenvalue weighted by molar-refractivity contribution is 8.00. The molecule has 2 amide bonds. The Balaban J connectivity index is 1.71. The fraction of sp³-hybridized carbons (Fsp3) is 0.333. The molecule has 1 saturated heterocycles. The Bertz CT molecular complexity index is 996. The number of nitrogen functional groups attached to an aromatic ring is 1. The third-order valence-electron chi connectivity index (χ3n) is 4.10. The quantitative estimate of drug-likeness (QED) is 0.173. The van der Waals surface area contributed by atoms with Crippen molar-refractivity contribution in [2.75, 3.05) is 18.1 Å². The van der Waals surface area contributed by atoms with E-state index in [1.165, 1.54) is 5.38 Å². The van der Waals surface area contributed by atoms with Crippen LogP contribution in [0.1, 0.15) is 5.69 Å². The zero-order chi connectivity index (χ0) is 22.7. The van der Waals surface area contributed by atoms with Gasteiger partial charge in [0.1, 0.15) is 35.6 Å². The molecule has 5 N–H and O–H groups in total. The first-order chi connectivity index (χ1) is 14.7. The van der Waals surface area contributed by atoms with Gasteiger partial charge in [-0.25, -0.2) is 18.6 Å². The van der Waals surface area contributed by atoms with Crippen LogP contribution in [-0.4, -0.2) is 80.1 Å². The number of nitrogens with one attached hydrogen (secondary N) is 1. The molecule has 31 heavy (non-hydrogen) atoms. The number of aromatic nitrogens is 1. The molecule has 166 valence electrons. The van der Waals surface area contributed by atoms with Gasteiger partial charge in [0.25, 0.3) is 18.2 Å². The number of anilines is 1. The van der Waals surface area contributed by atoms with E-state index in [0.29, 0.717) is 0 Å². The lowest BCUT2D eigenvalue weighted by Crippen LogP contribution is -2.71. The van der Waals surface area contributed by atoms with Crippen molar-refractivity contribution < 1.29 is 38.3 Å². The molecule has 1 aromatic heterocycles. The second-order valence-corrected chi connectivity index (χ2v) is 7.99. The smallest absolute Gasteiger partial charge is 0.352 e. The van der Waals surface area contributed by atoms with Crippen LogP contribution >= 0.6 is 23.1 Å². The monoisotopic (exact) mass is 476 g/mol. The van der Waals surface area contributed by atoms with Crippen LogP contribution in [0.15, 0.2) is 27.0 Å². The summed E-state index contributed by atoms with van der Waals surface area (Å²) in [5, 5.41) is 27.8. The van der Waals surface area contributed by atoms with E-state index < -0.39 is 47.9 Å². The Labute approximate surface area is 180 Å². The number of amides is 2. The van der Waals surface area contributed by atoms with E-state index in [1.54, 1.807) is 0 Å². The Morgan fingerprint density at radius 1 is 1.52 bits per heavy atom. The number of thioether (sulfide) groups is 1. The molecule has 2 aliphatic heterocycles. The zero-order valence-corrected chi connectivity index (χ0v) is 16.9. The average molecular weight is 476 g/mol. The number of carboxylic acids is 1. The van der Waals surface area contributed by atoms with Crippen molar-refractivity contribution >= 4 is 57.9 Å². The van der Waals surface area contributed by atoms with Crippen LogP contribution < -0.4 is 11.1 Å². The number of thiazole rings is 1. The molecule has 0 saturated carbocycles. The zero-order valence-electron chi connectivity index (χ0n) is 15.3. The minimum absolute atomic E-state index is 0.0114. The van der Waals surface area contributed by atoms with Crippen molar-refractivity contribution in [1.29, 1.82) is 0 Å². The number of alkyl halides is 2. The minimum Gasteiger partial charge on any atom is -0.477 e. The minimum atomic E-state index is -2.83. The SMILES string of the molecule is Nc1nc(/C(=N/O)C(=O)N[C@@H]2C(=O)N3C(C(=O)O)=C(CON=CC(F)F)CS[C@H]23)cs1. The third kappa shape index (κ3) is 4.58. The van der Waals surface area contributed by atoms with Crippen LogP contribution in [0.5, 0.6) is 0 Å². The van der Waals surface area contributed by atoms with Crippen molar-refractivity contribution in [3.8, 4) is 0 Å².